The van der Waals surface area contributed by atoms with E-state index in [1.165, 1.54) is 18.4 Å². The fraction of sp³-hybridized carbons (Fsp3) is 0.714. The summed E-state index contributed by atoms with van der Waals surface area (Å²) in [5.74, 6) is 1.88. The molecule has 0 spiro atoms. The molecule has 3 atom stereocenters. The normalized spacial score (nSPS) is 30.8. The van der Waals surface area contributed by atoms with Crippen LogP contribution in [-0.4, -0.2) is 93.7 Å². The zero-order chi connectivity index (χ0) is 19.7. The molecule has 1 aromatic carbocycles. The maximum absolute atomic E-state index is 6.82. The van der Waals surface area contributed by atoms with E-state index in [0.29, 0.717) is 12.2 Å². The van der Waals surface area contributed by atoms with E-state index in [2.05, 4.69) is 33.9 Å². The van der Waals surface area contributed by atoms with E-state index in [1.54, 1.807) is 14.2 Å². The minimum Gasteiger partial charge on any atom is -0.497 e. The van der Waals surface area contributed by atoms with Crippen molar-refractivity contribution in [3.63, 3.8) is 0 Å². The second-order valence-corrected chi connectivity index (χ2v) is 8.21. The molecule has 3 fully saturated rings. The Hall–Kier alpha value is -1.38. The molecular formula is C21H34N4O3. The summed E-state index contributed by atoms with van der Waals surface area (Å²) >= 11 is 0. The molecule has 3 aliphatic rings. The second kappa shape index (κ2) is 8.55. The van der Waals surface area contributed by atoms with Crippen molar-refractivity contribution in [2.24, 2.45) is 5.73 Å². The van der Waals surface area contributed by atoms with E-state index >= 15 is 0 Å². The average Bonchev–Trinajstić information content (AvgIpc) is 2.73. The number of nitrogens with zero attached hydrogens (tertiary/aromatic N) is 3. The summed E-state index contributed by atoms with van der Waals surface area (Å²) in [6.07, 6.45) is 2.68. The fourth-order valence-corrected chi connectivity index (χ4v) is 5.02. The molecule has 0 amide bonds. The molecule has 0 saturated carbocycles. The van der Waals surface area contributed by atoms with Crippen LogP contribution < -0.4 is 15.2 Å². The Labute approximate surface area is 168 Å². The van der Waals surface area contributed by atoms with Crippen molar-refractivity contribution in [1.82, 2.24) is 14.7 Å². The Kier molecular flexibility index (Phi) is 6.08. The van der Waals surface area contributed by atoms with Crippen molar-refractivity contribution in [2.75, 3.05) is 60.7 Å². The smallest absolute Gasteiger partial charge is 0.122 e. The molecule has 4 rings (SSSR count). The summed E-state index contributed by atoms with van der Waals surface area (Å²) < 4.78 is 16.6. The molecule has 0 aromatic heterocycles. The van der Waals surface area contributed by atoms with Gasteiger partial charge >= 0.3 is 0 Å². The first-order valence-corrected chi connectivity index (χ1v) is 10.4. The number of benzene rings is 1. The van der Waals surface area contributed by atoms with Gasteiger partial charge in [0.15, 0.2) is 0 Å². The largest absolute Gasteiger partial charge is 0.497 e. The molecule has 0 radical (unpaired) electrons. The molecule has 2 N–H and O–H groups in total. The molecule has 7 nitrogen and oxygen atoms in total. The molecule has 0 bridgehead atoms. The highest BCUT2D eigenvalue weighted by Crippen LogP contribution is 2.45. The van der Waals surface area contributed by atoms with Gasteiger partial charge in [0.1, 0.15) is 11.5 Å². The van der Waals surface area contributed by atoms with Crippen molar-refractivity contribution < 1.29 is 14.2 Å². The van der Waals surface area contributed by atoms with E-state index in [1.807, 2.05) is 6.07 Å². The van der Waals surface area contributed by atoms with Gasteiger partial charge in [0.05, 0.1) is 39.8 Å². The molecular weight excluding hydrogens is 356 g/mol. The number of hydrogen-bond acceptors (Lipinski definition) is 7. The number of ether oxygens (including phenoxy) is 3. The maximum atomic E-state index is 6.82. The van der Waals surface area contributed by atoms with E-state index < -0.39 is 0 Å². The number of rotatable bonds is 5. The van der Waals surface area contributed by atoms with E-state index in [9.17, 15) is 0 Å². The van der Waals surface area contributed by atoms with Crippen molar-refractivity contribution in [3.05, 3.63) is 23.8 Å². The molecule has 3 aliphatic heterocycles. The van der Waals surface area contributed by atoms with Crippen LogP contribution in [0.3, 0.4) is 0 Å². The predicted octanol–water partition coefficient (Wildman–Crippen LogP) is 1.14. The summed E-state index contributed by atoms with van der Waals surface area (Å²) in [6.45, 7) is 5.78. The van der Waals surface area contributed by atoms with Crippen molar-refractivity contribution in [1.29, 1.82) is 0 Å². The molecule has 1 aromatic rings. The average molecular weight is 391 g/mol. The molecule has 3 unspecified atom stereocenters. The van der Waals surface area contributed by atoms with E-state index in [0.717, 1.165) is 50.9 Å². The Morgan fingerprint density at radius 2 is 1.57 bits per heavy atom. The Morgan fingerprint density at radius 1 is 0.964 bits per heavy atom. The van der Waals surface area contributed by atoms with Crippen LogP contribution >= 0.6 is 0 Å². The van der Waals surface area contributed by atoms with E-state index in [4.69, 9.17) is 19.9 Å². The Balaban J connectivity index is 1.62. The second-order valence-electron chi connectivity index (χ2n) is 8.21. The van der Waals surface area contributed by atoms with Crippen LogP contribution in [0.15, 0.2) is 18.2 Å². The topological polar surface area (TPSA) is 63.4 Å². The summed E-state index contributed by atoms with van der Waals surface area (Å²) in [5.41, 5.74) is 8.02. The van der Waals surface area contributed by atoms with Gasteiger partial charge in [0, 0.05) is 31.1 Å². The molecule has 0 aliphatic carbocycles. The number of morpholine rings is 1. The number of likely N-dealkylation sites (tertiary alicyclic amines) is 2. The summed E-state index contributed by atoms with van der Waals surface area (Å²) in [7, 11) is 5.60. The first kappa shape index (κ1) is 19.9. The SMILES string of the molecule is COc1cc(OC)cc(C2C(N)N(C3CCN(C)CC3)C2N2CCOCC2)c1. The van der Waals surface area contributed by atoms with Crippen molar-refractivity contribution in [3.8, 4) is 11.5 Å². The molecule has 156 valence electrons. The number of nitrogens with two attached hydrogens (primary N) is 1. The lowest BCUT2D eigenvalue weighted by atomic mass is 9.80. The van der Waals surface area contributed by atoms with Gasteiger partial charge in [-0.25, -0.2) is 0 Å². The Morgan fingerprint density at radius 3 is 2.14 bits per heavy atom. The van der Waals surface area contributed by atoms with Gasteiger partial charge in [-0.05, 0) is 50.7 Å². The molecule has 28 heavy (non-hydrogen) atoms. The van der Waals surface area contributed by atoms with Crippen molar-refractivity contribution in [2.45, 2.75) is 37.1 Å². The lowest BCUT2D eigenvalue weighted by Gasteiger charge is -2.61. The predicted molar refractivity (Wildman–Crippen MR) is 109 cm³/mol. The summed E-state index contributed by atoms with van der Waals surface area (Å²) in [5, 5.41) is 0. The monoisotopic (exact) mass is 390 g/mol. The van der Waals surface area contributed by atoms with Gasteiger partial charge < -0.3 is 24.8 Å². The summed E-state index contributed by atoms with van der Waals surface area (Å²) in [4.78, 5) is 7.53. The number of hydrogen-bond donors (Lipinski definition) is 1. The Bertz CT molecular complexity index is 637. The lowest BCUT2D eigenvalue weighted by molar-refractivity contribution is -0.155. The summed E-state index contributed by atoms with van der Waals surface area (Å²) in [6, 6.07) is 6.70. The third kappa shape index (κ3) is 3.74. The third-order valence-electron chi connectivity index (χ3n) is 6.63. The zero-order valence-electron chi connectivity index (χ0n) is 17.3. The van der Waals surface area contributed by atoms with Crippen LogP contribution in [0.25, 0.3) is 0 Å². The van der Waals surface area contributed by atoms with E-state index in [-0.39, 0.29) is 12.1 Å². The van der Waals surface area contributed by atoms with Gasteiger partial charge in [0.25, 0.3) is 0 Å². The van der Waals surface area contributed by atoms with Gasteiger partial charge in [-0.2, -0.15) is 0 Å². The van der Waals surface area contributed by atoms with Gasteiger partial charge in [-0.15, -0.1) is 0 Å². The zero-order valence-corrected chi connectivity index (χ0v) is 17.3. The molecule has 3 saturated heterocycles. The number of piperidine rings is 1. The minimum absolute atomic E-state index is 0.0121. The van der Waals surface area contributed by atoms with Gasteiger partial charge in [-0.1, -0.05) is 0 Å². The minimum atomic E-state index is 0.0121. The van der Waals surface area contributed by atoms with Gasteiger partial charge in [0.2, 0.25) is 0 Å². The fourth-order valence-electron chi connectivity index (χ4n) is 5.02. The van der Waals surface area contributed by atoms with Crippen LogP contribution in [-0.2, 0) is 4.74 Å². The van der Waals surface area contributed by atoms with Crippen LogP contribution in [0.4, 0.5) is 0 Å². The molecule has 7 heteroatoms. The van der Waals surface area contributed by atoms with Crippen LogP contribution in [0.2, 0.25) is 0 Å². The highest BCUT2D eigenvalue weighted by Gasteiger charge is 2.53. The van der Waals surface area contributed by atoms with Crippen LogP contribution in [0.5, 0.6) is 11.5 Å². The molecule has 3 heterocycles. The highest BCUT2D eigenvalue weighted by atomic mass is 16.5. The van der Waals surface area contributed by atoms with Gasteiger partial charge in [-0.3, -0.25) is 9.80 Å². The lowest BCUT2D eigenvalue weighted by Crippen LogP contribution is -2.75. The van der Waals surface area contributed by atoms with Crippen LogP contribution in [0.1, 0.15) is 24.3 Å². The highest BCUT2D eigenvalue weighted by molar-refractivity contribution is 5.42. The third-order valence-corrected chi connectivity index (χ3v) is 6.63. The first-order valence-electron chi connectivity index (χ1n) is 10.4. The maximum Gasteiger partial charge on any atom is 0.122 e. The van der Waals surface area contributed by atoms with Crippen molar-refractivity contribution >= 4 is 0 Å². The first-order chi connectivity index (χ1) is 13.6. The quantitative estimate of drug-likeness (QED) is 0.809. The number of methoxy groups -OCH3 is 2. The standard InChI is InChI=1S/C21H34N4O3/c1-23-6-4-16(5-7-23)25-20(22)19(21(25)24-8-10-28-11-9-24)15-12-17(26-2)14-18(13-15)27-3/h12-14,16,19-21H,4-11,22H2,1-3H3. The van der Waals surface area contributed by atoms with Crippen LogP contribution in [0, 0.1) is 0 Å².